The molecule has 1 heterocycles. The number of rotatable bonds is 8. The Morgan fingerprint density at radius 3 is 2.73 bits per heavy atom. The SMILES string of the molecule is CCOC(=O)c1c(C2CC2)csc1NC(=O)CCc1ccccc1OC. The summed E-state index contributed by atoms with van der Waals surface area (Å²) in [6, 6.07) is 7.66. The number of hydrogen-bond acceptors (Lipinski definition) is 5. The lowest BCUT2D eigenvalue weighted by atomic mass is 10.1. The van der Waals surface area contributed by atoms with Gasteiger partial charge in [-0.1, -0.05) is 18.2 Å². The average molecular weight is 373 g/mol. The van der Waals surface area contributed by atoms with E-state index in [1.54, 1.807) is 14.0 Å². The molecule has 5 nitrogen and oxygen atoms in total. The van der Waals surface area contributed by atoms with E-state index >= 15 is 0 Å². The Balaban J connectivity index is 1.68. The van der Waals surface area contributed by atoms with E-state index < -0.39 is 0 Å². The topological polar surface area (TPSA) is 64.6 Å². The minimum atomic E-state index is -0.351. The second kappa shape index (κ2) is 8.36. The van der Waals surface area contributed by atoms with Gasteiger partial charge >= 0.3 is 5.97 Å². The third-order valence-corrected chi connectivity index (χ3v) is 5.30. The van der Waals surface area contributed by atoms with Crippen LogP contribution in [0.4, 0.5) is 5.00 Å². The summed E-state index contributed by atoms with van der Waals surface area (Å²) in [6.07, 6.45) is 3.07. The molecule has 0 saturated heterocycles. The Morgan fingerprint density at radius 2 is 2.04 bits per heavy atom. The quantitative estimate of drug-likeness (QED) is 0.697. The molecule has 0 radical (unpaired) electrons. The van der Waals surface area contributed by atoms with Gasteiger partial charge in [0.25, 0.3) is 0 Å². The molecule has 0 aliphatic heterocycles. The van der Waals surface area contributed by atoms with Crippen molar-refractivity contribution in [3.8, 4) is 5.75 Å². The van der Waals surface area contributed by atoms with Crippen LogP contribution in [0.1, 0.15) is 53.6 Å². The Morgan fingerprint density at radius 1 is 1.27 bits per heavy atom. The number of hydrogen-bond donors (Lipinski definition) is 1. The summed E-state index contributed by atoms with van der Waals surface area (Å²) in [5, 5.41) is 5.46. The summed E-state index contributed by atoms with van der Waals surface area (Å²) in [5.41, 5.74) is 2.53. The summed E-state index contributed by atoms with van der Waals surface area (Å²) in [6.45, 7) is 2.10. The second-order valence-electron chi connectivity index (χ2n) is 6.25. The molecule has 1 N–H and O–H groups in total. The summed E-state index contributed by atoms with van der Waals surface area (Å²) in [4.78, 5) is 24.8. The predicted molar refractivity (Wildman–Crippen MR) is 102 cm³/mol. The van der Waals surface area contributed by atoms with Crippen LogP contribution in [-0.2, 0) is 16.0 Å². The number of carbonyl (C=O) groups is 2. The van der Waals surface area contributed by atoms with Crippen LogP contribution < -0.4 is 10.1 Å². The highest BCUT2D eigenvalue weighted by molar-refractivity contribution is 7.15. The van der Waals surface area contributed by atoms with Gasteiger partial charge in [-0.15, -0.1) is 11.3 Å². The van der Waals surface area contributed by atoms with Gasteiger partial charge in [-0.05, 0) is 54.7 Å². The predicted octanol–water partition coefficient (Wildman–Crippen LogP) is 4.38. The number of anilines is 1. The zero-order chi connectivity index (χ0) is 18.5. The standard InChI is InChI=1S/C20H23NO4S/c1-3-25-20(23)18-15(13-8-9-13)12-26-19(18)21-17(22)11-10-14-6-4-5-7-16(14)24-2/h4-7,12-13H,3,8-11H2,1-2H3,(H,21,22). The monoisotopic (exact) mass is 373 g/mol. The molecule has 1 fully saturated rings. The van der Waals surface area contributed by atoms with E-state index in [0.717, 1.165) is 29.7 Å². The van der Waals surface area contributed by atoms with Gasteiger partial charge in [0.05, 0.1) is 19.3 Å². The first-order valence-corrected chi connectivity index (χ1v) is 9.72. The van der Waals surface area contributed by atoms with E-state index in [-0.39, 0.29) is 11.9 Å². The number of amides is 1. The lowest BCUT2D eigenvalue weighted by molar-refractivity contribution is -0.116. The van der Waals surface area contributed by atoms with Gasteiger partial charge in [-0.2, -0.15) is 0 Å². The maximum absolute atomic E-state index is 12.4. The molecule has 26 heavy (non-hydrogen) atoms. The van der Waals surface area contributed by atoms with Crippen LogP contribution in [0.5, 0.6) is 5.75 Å². The van der Waals surface area contributed by atoms with Crippen LogP contribution in [0, 0.1) is 0 Å². The minimum absolute atomic E-state index is 0.120. The van der Waals surface area contributed by atoms with Crippen molar-refractivity contribution in [2.75, 3.05) is 19.0 Å². The highest BCUT2D eigenvalue weighted by Crippen LogP contribution is 2.46. The number of esters is 1. The molecule has 138 valence electrons. The van der Waals surface area contributed by atoms with Crippen molar-refractivity contribution in [2.45, 2.75) is 38.5 Å². The van der Waals surface area contributed by atoms with Crippen molar-refractivity contribution in [1.82, 2.24) is 0 Å². The van der Waals surface area contributed by atoms with Gasteiger partial charge in [-0.25, -0.2) is 4.79 Å². The molecule has 0 atom stereocenters. The largest absolute Gasteiger partial charge is 0.496 e. The Hall–Kier alpha value is -2.34. The van der Waals surface area contributed by atoms with Gasteiger partial charge in [0.1, 0.15) is 10.8 Å². The van der Waals surface area contributed by atoms with Crippen molar-refractivity contribution in [2.24, 2.45) is 0 Å². The highest BCUT2D eigenvalue weighted by Gasteiger charge is 2.32. The average Bonchev–Trinajstić information content (AvgIpc) is 3.41. The van der Waals surface area contributed by atoms with Gasteiger partial charge in [0, 0.05) is 6.42 Å². The van der Waals surface area contributed by atoms with Gasteiger partial charge < -0.3 is 14.8 Å². The van der Waals surface area contributed by atoms with Crippen LogP contribution in [0.15, 0.2) is 29.6 Å². The molecule has 2 aromatic rings. The third-order valence-electron chi connectivity index (χ3n) is 4.38. The first-order valence-electron chi connectivity index (χ1n) is 8.84. The molecular formula is C20H23NO4S. The number of ether oxygens (including phenoxy) is 2. The van der Waals surface area contributed by atoms with Crippen molar-refractivity contribution in [1.29, 1.82) is 0 Å². The van der Waals surface area contributed by atoms with Crippen molar-refractivity contribution >= 4 is 28.2 Å². The first kappa shape index (κ1) is 18.5. The van der Waals surface area contributed by atoms with E-state index in [1.165, 1.54) is 11.3 Å². The lowest BCUT2D eigenvalue weighted by Gasteiger charge is -2.10. The molecule has 0 spiro atoms. The van der Waals surface area contributed by atoms with Gasteiger partial charge in [-0.3, -0.25) is 4.79 Å². The Bertz CT molecular complexity index is 795. The van der Waals surface area contributed by atoms with E-state index in [1.807, 2.05) is 29.6 Å². The molecule has 1 saturated carbocycles. The second-order valence-corrected chi connectivity index (χ2v) is 7.13. The lowest BCUT2D eigenvalue weighted by Crippen LogP contribution is -2.15. The van der Waals surface area contributed by atoms with Crippen LogP contribution in [0.2, 0.25) is 0 Å². The summed E-state index contributed by atoms with van der Waals surface area (Å²) in [5.74, 6) is 0.728. The number of aryl methyl sites for hydroxylation is 1. The molecule has 1 aliphatic rings. The highest BCUT2D eigenvalue weighted by atomic mass is 32.1. The van der Waals surface area contributed by atoms with Crippen molar-refractivity contribution in [3.05, 3.63) is 46.3 Å². The van der Waals surface area contributed by atoms with Crippen LogP contribution in [0.25, 0.3) is 0 Å². The fourth-order valence-corrected chi connectivity index (χ4v) is 3.97. The molecule has 3 rings (SSSR count). The van der Waals surface area contributed by atoms with Gasteiger partial charge in [0.2, 0.25) is 5.91 Å². The smallest absolute Gasteiger partial charge is 0.341 e. The summed E-state index contributed by atoms with van der Waals surface area (Å²) in [7, 11) is 1.62. The fraction of sp³-hybridized carbons (Fsp3) is 0.400. The number of methoxy groups -OCH3 is 1. The Kier molecular flexibility index (Phi) is 5.93. The number of thiophene rings is 1. The number of nitrogens with one attached hydrogen (secondary N) is 1. The van der Waals surface area contributed by atoms with E-state index in [9.17, 15) is 9.59 Å². The van der Waals surface area contributed by atoms with E-state index in [0.29, 0.717) is 35.9 Å². The Labute approximate surface area is 157 Å². The van der Waals surface area contributed by atoms with Crippen molar-refractivity contribution < 1.29 is 19.1 Å². The zero-order valence-electron chi connectivity index (χ0n) is 15.0. The molecule has 0 bridgehead atoms. The maximum atomic E-state index is 12.4. The van der Waals surface area contributed by atoms with Gasteiger partial charge in [0.15, 0.2) is 0 Å². The normalized spacial score (nSPS) is 13.3. The number of benzene rings is 1. The zero-order valence-corrected chi connectivity index (χ0v) is 15.9. The number of carbonyl (C=O) groups excluding carboxylic acids is 2. The van der Waals surface area contributed by atoms with Crippen LogP contribution >= 0.6 is 11.3 Å². The van der Waals surface area contributed by atoms with Crippen LogP contribution in [0.3, 0.4) is 0 Å². The number of para-hydroxylation sites is 1. The molecule has 1 aromatic carbocycles. The fourth-order valence-electron chi connectivity index (χ4n) is 2.92. The minimum Gasteiger partial charge on any atom is -0.496 e. The third kappa shape index (κ3) is 4.25. The van der Waals surface area contributed by atoms with E-state index in [4.69, 9.17) is 9.47 Å². The van der Waals surface area contributed by atoms with Crippen molar-refractivity contribution in [3.63, 3.8) is 0 Å². The molecule has 1 aromatic heterocycles. The summed E-state index contributed by atoms with van der Waals surface area (Å²) < 4.78 is 10.5. The van der Waals surface area contributed by atoms with Crippen LogP contribution in [-0.4, -0.2) is 25.6 Å². The summed E-state index contributed by atoms with van der Waals surface area (Å²) >= 11 is 1.40. The first-order chi connectivity index (χ1) is 12.6. The van der Waals surface area contributed by atoms with E-state index in [2.05, 4.69) is 5.32 Å². The molecule has 1 amide bonds. The molecule has 1 aliphatic carbocycles. The maximum Gasteiger partial charge on any atom is 0.341 e. The molecular weight excluding hydrogens is 350 g/mol. The molecule has 6 heteroatoms. The molecule has 0 unspecified atom stereocenters.